The van der Waals surface area contributed by atoms with Crippen molar-refractivity contribution in [2.45, 2.75) is 38.3 Å². The van der Waals surface area contributed by atoms with E-state index < -0.39 is 10.0 Å². The molecule has 0 aliphatic rings. The summed E-state index contributed by atoms with van der Waals surface area (Å²) in [6, 6.07) is 13.1. The van der Waals surface area contributed by atoms with E-state index in [9.17, 15) is 13.2 Å². The van der Waals surface area contributed by atoms with Gasteiger partial charge in [-0.05, 0) is 57.2 Å². The van der Waals surface area contributed by atoms with Gasteiger partial charge < -0.3 is 5.32 Å². The van der Waals surface area contributed by atoms with Gasteiger partial charge in [0.25, 0.3) is 5.91 Å². The fraction of sp³-hybridized carbons (Fsp3) is 0.238. The van der Waals surface area contributed by atoms with Gasteiger partial charge in [0.15, 0.2) is 0 Å². The van der Waals surface area contributed by atoms with Gasteiger partial charge in [-0.15, -0.1) is 11.3 Å². The smallest absolute Gasteiger partial charge is 0.251 e. The van der Waals surface area contributed by atoms with Gasteiger partial charge in [-0.3, -0.25) is 4.79 Å². The number of thiazole rings is 1. The number of carbonyl (C=O) groups excluding carboxylic acids is 1. The molecule has 1 heterocycles. The fourth-order valence-electron chi connectivity index (χ4n) is 2.82. The highest BCUT2D eigenvalue weighted by atomic mass is 35.5. The lowest BCUT2D eigenvalue weighted by atomic mass is 10.1. The van der Waals surface area contributed by atoms with E-state index in [1.165, 1.54) is 35.6 Å². The van der Waals surface area contributed by atoms with Crippen LogP contribution in [0.4, 0.5) is 0 Å². The molecule has 0 saturated carbocycles. The normalized spacial score (nSPS) is 11.6. The van der Waals surface area contributed by atoms with E-state index in [1.54, 1.807) is 13.8 Å². The molecule has 0 fully saturated rings. The van der Waals surface area contributed by atoms with Crippen LogP contribution in [0.5, 0.6) is 0 Å². The summed E-state index contributed by atoms with van der Waals surface area (Å²) in [6.45, 7) is 5.76. The van der Waals surface area contributed by atoms with Crippen molar-refractivity contribution in [3.63, 3.8) is 0 Å². The van der Waals surface area contributed by atoms with Crippen LogP contribution in [0.25, 0.3) is 11.3 Å². The van der Waals surface area contributed by atoms with Crippen molar-refractivity contribution in [1.29, 1.82) is 0 Å². The van der Waals surface area contributed by atoms with Gasteiger partial charge >= 0.3 is 0 Å². The Bertz CT molecular complexity index is 1140. The number of amides is 1. The minimum atomic E-state index is -3.59. The van der Waals surface area contributed by atoms with Crippen molar-refractivity contribution >= 4 is 38.9 Å². The van der Waals surface area contributed by atoms with E-state index in [0.29, 0.717) is 10.6 Å². The Morgan fingerprint density at radius 2 is 1.73 bits per heavy atom. The second-order valence-corrected chi connectivity index (χ2v) is 10.4. The van der Waals surface area contributed by atoms with Crippen LogP contribution >= 0.6 is 22.9 Å². The Labute approximate surface area is 185 Å². The maximum Gasteiger partial charge on any atom is 0.251 e. The van der Waals surface area contributed by atoms with Crippen LogP contribution in [0.2, 0.25) is 5.02 Å². The lowest BCUT2D eigenvalue weighted by molar-refractivity contribution is 0.0950. The third kappa shape index (κ3) is 5.46. The SMILES string of the molecule is Cc1sc(CNC(=O)c2ccc(S(=O)(=O)NC(C)C)cc2)nc1-c1ccc(Cl)cc1. The standard InChI is InChI=1S/C21H22ClN3O3S2/c1-13(2)25-30(27,28)18-10-6-16(7-11-18)21(26)23-12-19-24-20(14(3)29-19)15-4-8-17(22)9-5-15/h4-11,13,25H,12H2,1-3H3,(H,23,26). The topological polar surface area (TPSA) is 88.2 Å². The average molecular weight is 464 g/mol. The molecular formula is C21H22ClN3O3S2. The van der Waals surface area contributed by atoms with Crippen molar-refractivity contribution in [2.75, 3.05) is 0 Å². The summed E-state index contributed by atoms with van der Waals surface area (Å²) < 4.78 is 26.9. The highest BCUT2D eigenvalue weighted by molar-refractivity contribution is 7.89. The molecule has 30 heavy (non-hydrogen) atoms. The zero-order chi connectivity index (χ0) is 21.9. The molecule has 9 heteroatoms. The maximum absolute atomic E-state index is 12.4. The largest absolute Gasteiger partial charge is 0.346 e. The van der Waals surface area contributed by atoms with Gasteiger partial charge in [0, 0.05) is 27.1 Å². The minimum Gasteiger partial charge on any atom is -0.346 e. The summed E-state index contributed by atoms with van der Waals surface area (Å²) >= 11 is 7.46. The number of aromatic nitrogens is 1. The van der Waals surface area contributed by atoms with Crippen molar-refractivity contribution in [1.82, 2.24) is 15.0 Å². The van der Waals surface area contributed by atoms with Crippen LogP contribution in [-0.2, 0) is 16.6 Å². The average Bonchev–Trinajstić information content (AvgIpc) is 3.06. The molecule has 1 amide bonds. The van der Waals surface area contributed by atoms with Gasteiger partial charge in [-0.1, -0.05) is 23.7 Å². The van der Waals surface area contributed by atoms with Gasteiger partial charge in [-0.25, -0.2) is 18.1 Å². The van der Waals surface area contributed by atoms with Crippen LogP contribution in [0.3, 0.4) is 0 Å². The van der Waals surface area contributed by atoms with Gasteiger partial charge in [-0.2, -0.15) is 0 Å². The highest BCUT2D eigenvalue weighted by Crippen LogP contribution is 2.28. The molecule has 0 radical (unpaired) electrons. The maximum atomic E-state index is 12.4. The van der Waals surface area contributed by atoms with Gasteiger partial charge in [0.2, 0.25) is 10.0 Å². The number of aryl methyl sites for hydroxylation is 1. The second-order valence-electron chi connectivity index (χ2n) is 7.00. The second kappa shape index (κ2) is 9.26. The summed E-state index contributed by atoms with van der Waals surface area (Å²) in [5, 5.41) is 4.28. The molecule has 2 aromatic carbocycles. The van der Waals surface area contributed by atoms with Crippen molar-refractivity contribution in [3.8, 4) is 11.3 Å². The number of hydrogen-bond donors (Lipinski definition) is 2. The quantitative estimate of drug-likeness (QED) is 0.544. The molecule has 2 N–H and O–H groups in total. The molecule has 0 aliphatic heterocycles. The molecule has 0 bridgehead atoms. The number of halogens is 1. The number of hydrogen-bond acceptors (Lipinski definition) is 5. The predicted molar refractivity (Wildman–Crippen MR) is 120 cm³/mol. The number of nitrogens with one attached hydrogen (secondary N) is 2. The minimum absolute atomic E-state index is 0.121. The predicted octanol–water partition coefficient (Wildman–Crippen LogP) is 4.39. The zero-order valence-electron chi connectivity index (χ0n) is 16.8. The first-order valence-corrected chi connectivity index (χ1v) is 12.0. The van der Waals surface area contributed by atoms with Crippen LogP contribution < -0.4 is 10.0 Å². The van der Waals surface area contributed by atoms with Crippen LogP contribution in [0.1, 0.15) is 34.1 Å². The molecule has 3 aromatic rings. The molecule has 0 spiro atoms. The van der Waals surface area contributed by atoms with Gasteiger partial charge in [0.05, 0.1) is 17.1 Å². The molecule has 158 valence electrons. The Hall–Kier alpha value is -2.26. The number of carbonyl (C=O) groups is 1. The first kappa shape index (κ1) is 22.4. The van der Waals surface area contributed by atoms with Crippen molar-refractivity contribution in [2.24, 2.45) is 0 Å². The number of rotatable bonds is 7. The number of sulfonamides is 1. The first-order valence-electron chi connectivity index (χ1n) is 9.28. The van der Waals surface area contributed by atoms with Crippen LogP contribution in [0.15, 0.2) is 53.4 Å². The summed E-state index contributed by atoms with van der Waals surface area (Å²) in [6.07, 6.45) is 0. The fourth-order valence-corrected chi connectivity index (χ4v) is 5.10. The molecule has 6 nitrogen and oxygen atoms in total. The van der Waals surface area contributed by atoms with Gasteiger partial charge in [0.1, 0.15) is 5.01 Å². The van der Waals surface area contributed by atoms with E-state index in [4.69, 9.17) is 11.6 Å². The van der Waals surface area contributed by atoms with E-state index in [2.05, 4.69) is 15.0 Å². The highest BCUT2D eigenvalue weighted by Gasteiger charge is 2.16. The van der Waals surface area contributed by atoms with Crippen molar-refractivity contribution in [3.05, 3.63) is 69.0 Å². The van der Waals surface area contributed by atoms with Crippen LogP contribution in [0, 0.1) is 6.92 Å². The molecule has 0 atom stereocenters. The Morgan fingerprint density at radius 1 is 1.10 bits per heavy atom. The number of nitrogens with zero attached hydrogens (tertiary/aromatic N) is 1. The summed E-state index contributed by atoms with van der Waals surface area (Å²) in [4.78, 5) is 18.2. The van der Waals surface area contributed by atoms with E-state index >= 15 is 0 Å². The summed E-state index contributed by atoms with van der Waals surface area (Å²) in [5.74, 6) is -0.295. The lowest BCUT2D eigenvalue weighted by Crippen LogP contribution is -2.30. The molecule has 3 rings (SSSR count). The molecular weight excluding hydrogens is 442 g/mol. The van der Waals surface area contributed by atoms with E-state index in [-0.39, 0.29) is 23.4 Å². The lowest BCUT2D eigenvalue weighted by Gasteiger charge is -2.10. The zero-order valence-corrected chi connectivity index (χ0v) is 19.2. The summed E-state index contributed by atoms with van der Waals surface area (Å²) in [5.41, 5.74) is 2.22. The third-order valence-electron chi connectivity index (χ3n) is 4.18. The monoisotopic (exact) mass is 463 g/mol. The Balaban J connectivity index is 1.66. The first-order chi connectivity index (χ1) is 14.2. The Morgan fingerprint density at radius 3 is 2.33 bits per heavy atom. The third-order valence-corrected chi connectivity index (χ3v) is 7.07. The van der Waals surface area contributed by atoms with E-state index in [0.717, 1.165) is 21.1 Å². The van der Waals surface area contributed by atoms with Crippen molar-refractivity contribution < 1.29 is 13.2 Å². The molecule has 0 unspecified atom stereocenters. The molecule has 1 aromatic heterocycles. The Kier molecular flexibility index (Phi) is 6.92. The van der Waals surface area contributed by atoms with Crippen LogP contribution in [-0.4, -0.2) is 25.4 Å². The molecule has 0 saturated heterocycles. The van der Waals surface area contributed by atoms with E-state index in [1.807, 2.05) is 31.2 Å². The molecule has 0 aliphatic carbocycles. The summed E-state index contributed by atoms with van der Waals surface area (Å²) in [7, 11) is -3.59. The number of benzene rings is 2.